The molecule has 1 heterocycles. The molecular formula is C13H25NO4S. The van der Waals surface area contributed by atoms with Crippen LogP contribution in [0.4, 0.5) is 4.79 Å². The summed E-state index contributed by atoms with van der Waals surface area (Å²) in [6, 6.07) is -0.316. The molecule has 1 fully saturated rings. The van der Waals surface area contributed by atoms with Crippen LogP contribution < -0.4 is 5.32 Å². The zero-order valence-electron chi connectivity index (χ0n) is 12.5. The van der Waals surface area contributed by atoms with Gasteiger partial charge in [-0.25, -0.2) is 4.79 Å². The van der Waals surface area contributed by atoms with E-state index < -0.39 is 11.9 Å². The van der Waals surface area contributed by atoms with Crippen molar-refractivity contribution in [2.24, 2.45) is 5.41 Å². The lowest BCUT2D eigenvalue weighted by molar-refractivity contribution is -0.149. The summed E-state index contributed by atoms with van der Waals surface area (Å²) >= 11 is 1.67. The van der Waals surface area contributed by atoms with Crippen molar-refractivity contribution >= 4 is 17.9 Å². The van der Waals surface area contributed by atoms with Crippen LogP contribution in [0, 0.1) is 5.41 Å². The lowest BCUT2D eigenvalue weighted by Crippen LogP contribution is -2.54. The van der Waals surface area contributed by atoms with Gasteiger partial charge in [-0.1, -0.05) is 20.8 Å². The molecule has 0 aromatic heterocycles. The van der Waals surface area contributed by atoms with E-state index in [4.69, 9.17) is 14.6 Å². The first-order valence-electron chi connectivity index (χ1n) is 6.41. The summed E-state index contributed by atoms with van der Waals surface area (Å²) in [4.78, 5) is 11.0. The van der Waals surface area contributed by atoms with Crippen molar-refractivity contribution in [3.05, 3.63) is 0 Å². The van der Waals surface area contributed by atoms with Crippen LogP contribution in [0.1, 0.15) is 34.6 Å². The summed E-state index contributed by atoms with van der Waals surface area (Å²) in [7, 11) is 0. The monoisotopic (exact) mass is 291 g/mol. The van der Waals surface area contributed by atoms with Crippen molar-refractivity contribution < 1.29 is 19.4 Å². The molecule has 0 aromatic carbocycles. The number of hydrogen-bond donors (Lipinski definition) is 2. The van der Waals surface area contributed by atoms with E-state index >= 15 is 0 Å². The number of carbonyl (C=O) groups is 1. The molecule has 1 unspecified atom stereocenters. The summed E-state index contributed by atoms with van der Waals surface area (Å²) in [6.07, 6.45) is 0.582. The molecule has 0 aromatic rings. The van der Waals surface area contributed by atoms with Gasteiger partial charge in [0.1, 0.15) is 6.10 Å². The maximum absolute atomic E-state index is 11.0. The summed E-state index contributed by atoms with van der Waals surface area (Å²) < 4.78 is 11.8. The van der Waals surface area contributed by atoms with E-state index in [1.165, 1.54) is 0 Å². The van der Waals surface area contributed by atoms with E-state index in [1.807, 2.05) is 40.9 Å². The van der Waals surface area contributed by atoms with Gasteiger partial charge in [0.15, 0.2) is 5.79 Å². The molecule has 0 aliphatic carbocycles. The third-order valence-corrected chi connectivity index (χ3v) is 3.75. The number of nitrogens with one attached hydrogen (secondary N) is 1. The molecule has 2 N–H and O–H groups in total. The Balaban J connectivity index is 2.95. The molecular weight excluding hydrogens is 266 g/mol. The normalized spacial score (nSPS) is 28.1. The van der Waals surface area contributed by atoms with E-state index in [-0.39, 0.29) is 23.7 Å². The van der Waals surface area contributed by atoms with Gasteiger partial charge in [0.25, 0.3) is 0 Å². The Morgan fingerprint density at radius 3 is 2.42 bits per heavy atom. The maximum atomic E-state index is 11.0. The molecule has 3 atom stereocenters. The van der Waals surface area contributed by atoms with Crippen molar-refractivity contribution in [3.63, 3.8) is 0 Å². The number of rotatable bonds is 4. The predicted octanol–water partition coefficient (Wildman–Crippen LogP) is 2.55. The summed E-state index contributed by atoms with van der Waals surface area (Å²) in [5, 5.41) is 11.6. The minimum absolute atomic E-state index is 0.110. The smallest absolute Gasteiger partial charge is 0.404 e. The molecule has 0 radical (unpaired) electrons. The second-order valence-electron chi connectivity index (χ2n) is 6.39. The van der Waals surface area contributed by atoms with E-state index in [2.05, 4.69) is 5.32 Å². The van der Waals surface area contributed by atoms with Crippen molar-refractivity contribution in [3.8, 4) is 0 Å². The van der Waals surface area contributed by atoms with Crippen molar-refractivity contribution in [2.45, 2.75) is 58.7 Å². The largest absolute Gasteiger partial charge is 0.465 e. The Hall–Kier alpha value is -0.460. The first kappa shape index (κ1) is 16.6. The van der Waals surface area contributed by atoms with E-state index in [0.29, 0.717) is 0 Å². The second-order valence-corrected chi connectivity index (χ2v) is 7.30. The highest BCUT2D eigenvalue weighted by molar-refractivity contribution is 7.98. The summed E-state index contributed by atoms with van der Waals surface area (Å²) in [5.74, 6) is 0.108. The fourth-order valence-corrected chi connectivity index (χ4v) is 2.95. The Morgan fingerprint density at radius 1 is 1.42 bits per heavy atom. The van der Waals surface area contributed by atoms with Gasteiger partial charge in [0.2, 0.25) is 0 Å². The van der Waals surface area contributed by atoms with Crippen molar-refractivity contribution in [2.75, 3.05) is 12.0 Å². The standard InChI is InChI=1S/C13H25NO4S/c1-12(2,3)10(14-11(15)16)9-8(7-19-6)17-13(4,5)18-9/h8-10,14H,7H2,1-6H3,(H,15,16)/t8-,9+,10?/m1/s1. The fraction of sp³-hybridized carbons (Fsp3) is 0.923. The van der Waals surface area contributed by atoms with Gasteiger partial charge >= 0.3 is 6.09 Å². The van der Waals surface area contributed by atoms with Gasteiger partial charge in [-0.3, -0.25) is 0 Å². The second kappa shape index (κ2) is 5.89. The third kappa shape index (κ3) is 4.54. The molecule has 0 spiro atoms. The van der Waals surface area contributed by atoms with Crippen LogP contribution in [-0.4, -0.2) is 47.2 Å². The number of amides is 1. The van der Waals surface area contributed by atoms with Gasteiger partial charge in [-0.2, -0.15) is 11.8 Å². The lowest BCUT2D eigenvalue weighted by Gasteiger charge is -2.36. The minimum Gasteiger partial charge on any atom is -0.465 e. The molecule has 1 rings (SSSR count). The maximum Gasteiger partial charge on any atom is 0.404 e. The Morgan fingerprint density at radius 2 is 2.00 bits per heavy atom. The van der Waals surface area contributed by atoms with E-state index in [0.717, 1.165) is 5.75 Å². The number of hydrogen-bond acceptors (Lipinski definition) is 4. The number of carboxylic acid groups (broad SMARTS) is 1. The van der Waals surface area contributed by atoms with Gasteiger partial charge in [0, 0.05) is 5.75 Å². The van der Waals surface area contributed by atoms with Gasteiger partial charge in [-0.05, 0) is 25.5 Å². The van der Waals surface area contributed by atoms with Gasteiger partial charge in [-0.15, -0.1) is 0 Å². The summed E-state index contributed by atoms with van der Waals surface area (Å²) in [6.45, 7) is 9.72. The molecule has 5 nitrogen and oxygen atoms in total. The average Bonchev–Trinajstić information content (AvgIpc) is 2.49. The van der Waals surface area contributed by atoms with Crippen LogP contribution in [-0.2, 0) is 9.47 Å². The third-order valence-electron chi connectivity index (χ3n) is 3.09. The molecule has 1 saturated heterocycles. The highest BCUT2D eigenvalue weighted by Gasteiger charge is 2.48. The molecule has 1 amide bonds. The number of ether oxygens (including phenoxy) is 2. The summed E-state index contributed by atoms with van der Waals surface area (Å²) in [5.41, 5.74) is -0.247. The van der Waals surface area contributed by atoms with Crippen LogP contribution in [0.5, 0.6) is 0 Å². The number of thioether (sulfide) groups is 1. The quantitative estimate of drug-likeness (QED) is 0.833. The Labute approximate surface area is 119 Å². The highest BCUT2D eigenvalue weighted by Crippen LogP contribution is 2.36. The predicted molar refractivity (Wildman–Crippen MR) is 76.6 cm³/mol. The topological polar surface area (TPSA) is 67.8 Å². The Kier molecular flexibility index (Phi) is 5.15. The molecule has 1 aliphatic rings. The molecule has 112 valence electrons. The van der Waals surface area contributed by atoms with Crippen molar-refractivity contribution in [1.82, 2.24) is 5.32 Å². The molecule has 0 bridgehead atoms. The lowest BCUT2D eigenvalue weighted by atomic mass is 9.82. The van der Waals surface area contributed by atoms with E-state index in [9.17, 15) is 4.79 Å². The highest BCUT2D eigenvalue weighted by atomic mass is 32.2. The molecule has 6 heteroatoms. The van der Waals surface area contributed by atoms with Gasteiger partial charge < -0.3 is 19.9 Å². The average molecular weight is 291 g/mol. The Bertz CT molecular complexity index is 327. The first-order valence-corrected chi connectivity index (χ1v) is 7.80. The molecule has 19 heavy (non-hydrogen) atoms. The molecule has 0 saturated carbocycles. The zero-order valence-corrected chi connectivity index (χ0v) is 13.3. The van der Waals surface area contributed by atoms with Gasteiger partial charge in [0.05, 0.1) is 12.1 Å². The SMILES string of the molecule is CSC[C@H]1OC(C)(C)O[C@@H]1C(NC(=O)O)C(C)(C)C. The first-order chi connectivity index (χ1) is 8.57. The van der Waals surface area contributed by atoms with Crippen LogP contribution in [0.3, 0.4) is 0 Å². The van der Waals surface area contributed by atoms with Crippen LogP contribution >= 0.6 is 11.8 Å². The minimum atomic E-state index is -1.03. The van der Waals surface area contributed by atoms with E-state index in [1.54, 1.807) is 11.8 Å². The van der Waals surface area contributed by atoms with Crippen LogP contribution in [0.2, 0.25) is 0 Å². The van der Waals surface area contributed by atoms with Crippen molar-refractivity contribution in [1.29, 1.82) is 0 Å². The molecule has 1 aliphatic heterocycles. The zero-order chi connectivity index (χ0) is 14.8. The van der Waals surface area contributed by atoms with Crippen LogP contribution in [0.25, 0.3) is 0 Å². The fourth-order valence-electron chi connectivity index (χ4n) is 2.36. The van der Waals surface area contributed by atoms with Crippen LogP contribution in [0.15, 0.2) is 0 Å².